The molecule has 0 fully saturated rings. The molecule has 0 aliphatic rings. The van der Waals surface area contributed by atoms with Crippen molar-refractivity contribution in [3.63, 3.8) is 0 Å². The monoisotopic (exact) mass is 311 g/mol. The first kappa shape index (κ1) is 15.6. The lowest BCUT2D eigenvalue weighted by atomic mass is 10.2. The summed E-state index contributed by atoms with van der Waals surface area (Å²) in [7, 11) is 1.62. The first-order chi connectivity index (χ1) is 10.1. The van der Waals surface area contributed by atoms with Crippen LogP contribution in [0.15, 0.2) is 22.6 Å². The van der Waals surface area contributed by atoms with E-state index in [1.165, 1.54) is 0 Å². The van der Waals surface area contributed by atoms with Gasteiger partial charge in [0.05, 0.1) is 11.6 Å². The average molecular weight is 312 g/mol. The van der Waals surface area contributed by atoms with E-state index in [4.69, 9.17) is 25.5 Å². The predicted octanol–water partition coefficient (Wildman–Crippen LogP) is 3.23. The number of nitrogens with one attached hydrogen (secondary N) is 1. The van der Waals surface area contributed by atoms with Crippen LogP contribution in [0, 0.1) is 6.92 Å². The van der Waals surface area contributed by atoms with Crippen LogP contribution in [0.25, 0.3) is 0 Å². The van der Waals surface area contributed by atoms with Crippen molar-refractivity contribution in [1.29, 1.82) is 0 Å². The van der Waals surface area contributed by atoms with Crippen LogP contribution in [-0.4, -0.2) is 30.5 Å². The van der Waals surface area contributed by atoms with Gasteiger partial charge in [-0.1, -0.05) is 11.6 Å². The van der Waals surface area contributed by atoms with Crippen molar-refractivity contribution in [3.8, 4) is 5.75 Å². The second-order valence-corrected chi connectivity index (χ2v) is 4.92. The number of benzene rings is 1. The molecule has 0 spiro atoms. The minimum atomic E-state index is -0.109. The van der Waals surface area contributed by atoms with Gasteiger partial charge in [-0.2, -0.15) is 0 Å². The average Bonchev–Trinajstić information content (AvgIpc) is 2.88. The molecule has 1 atom stereocenters. The molecule has 1 aromatic heterocycles. The van der Waals surface area contributed by atoms with E-state index in [0.29, 0.717) is 35.8 Å². The van der Waals surface area contributed by atoms with E-state index in [0.717, 1.165) is 5.69 Å². The Kier molecular flexibility index (Phi) is 5.41. The zero-order chi connectivity index (χ0) is 15.2. The molecule has 7 heteroatoms. The molecule has 2 rings (SSSR count). The van der Waals surface area contributed by atoms with Gasteiger partial charge in [-0.15, -0.1) is 10.2 Å². The molecule has 2 aromatic rings. The number of hydrogen-bond donors (Lipinski definition) is 1. The van der Waals surface area contributed by atoms with E-state index in [1.54, 1.807) is 20.1 Å². The van der Waals surface area contributed by atoms with Gasteiger partial charge >= 0.3 is 0 Å². The Morgan fingerprint density at radius 3 is 2.76 bits per heavy atom. The highest BCUT2D eigenvalue weighted by molar-refractivity contribution is 6.32. The van der Waals surface area contributed by atoms with E-state index in [1.807, 2.05) is 19.1 Å². The number of halogens is 1. The van der Waals surface area contributed by atoms with Crippen molar-refractivity contribution < 1.29 is 13.9 Å². The second kappa shape index (κ2) is 7.28. The van der Waals surface area contributed by atoms with Crippen molar-refractivity contribution >= 4 is 17.3 Å². The smallest absolute Gasteiger partial charge is 0.238 e. The van der Waals surface area contributed by atoms with Crippen LogP contribution in [0.4, 0.5) is 5.69 Å². The van der Waals surface area contributed by atoms with Crippen LogP contribution < -0.4 is 10.1 Å². The van der Waals surface area contributed by atoms with Gasteiger partial charge in [-0.05, 0) is 25.1 Å². The maximum atomic E-state index is 6.18. The summed E-state index contributed by atoms with van der Waals surface area (Å²) in [5.41, 5.74) is 0.849. The number of aromatic nitrogens is 2. The fourth-order valence-corrected chi connectivity index (χ4v) is 1.98. The molecular formula is C14H18ClN3O3. The highest BCUT2D eigenvalue weighted by atomic mass is 35.5. The van der Waals surface area contributed by atoms with Gasteiger partial charge in [0.1, 0.15) is 18.4 Å². The van der Waals surface area contributed by atoms with E-state index in [9.17, 15) is 0 Å². The summed E-state index contributed by atoms with van der Waals surface area (Å²) < 4.78 is 15.8. The standard InChI is InChI=1S/C14H18ClN3O3/c1-9(14-18-17-10(2)21-14)16-11-4-5-13(12(15)8-11)20-7-6-19-3/h4-5,8-9,16H,6-7H2,1-3H3/t9-/m1/s1. The zero-order valence-electron chi connectivity index (χ0n) is 12.2. The molecule has 0 saturated carbocycles. The van der Waals surface area contributed by atoms with Crippen molar-refractivity contribution in [2.75, 3.05) is 25.6 Å². The van der Waals surface area contributed by atoms with Crippen LogP contribution in [-0.2, 0) is 4.74 Å². The lowest BCUT2D eigenvalue weighted by Crippen LogP contribution is -2.08. The summed E-state index contributed by atoms with van der Waals surface area (Å²) in [5, 5.41) is 11.6. The molecule has 0 radical (unpaired) electrons. The van der Waals surface area contributed by atoms with E-state index < -0.39 is 0 Å². The van der Waals surface area contributed by atoms with Crippen LogP contribution in [0.2, 0.25) is 5.02 Å². The van der Waals surface area contributed by atoms with Gasteiger partial charge in [-0.3, -0.25) is 0 Å². The molecule has 6 nitrogen and oxygen atoms in total. The molecule has 1 aromatic carbocycles. The SMILES string of the molecule is COCCOc1ccc(N[C@H](C)c2nnc(C)o2)cc1Cl. The summed E-state index contributed by atoms with van der Waals surface area (Å²) >= 11 is 6.18. The number of rotatable bonds is 7. The summed E-state index contributed by atoms with van der Waals surface area (Å²) in [4.78, 5) is 0. The Hall–Kier alpha value is -1.79. The molecule has 0 aliphatic heterocycles. The van der Waals surface area contributed by atoms with Crippen molar-refractivity contribution in [3.05, 3.63) is 35.0 Å². The number of anilines is 1. The van der Waals surface area contributed by atoms with Gasteiger partial charge < -0.3 is 19.2 Å². The molecule has 0 unspecified atom stereocenters. The van der Waals surface area contributed by atoms with E-state index >= 15 is 0 Å². The highest BCUT2D eigenvalue weighted by Gasteiger charge is 2.13. The topological polar surface area (TPSA) is 69.4 Å². The fourth-order valence-electron chi connectivity index (χ4n) is 1.74. The van der Waals surface area contributed by atoms with Crippen LogP contribution >= 0.6 is 11.6 Å². The maximum absolute atomic E-state index is 6.18. The zero-order valence-corrected chi connectivity index (χ0v) is 13.0. The molecular weight excluding hydrogens is 294 g/mol. The van der Waals surface area contributed by atoms with Crippen molar-refractivity contribution in [1.82, 2.24) is 10.2 Å². The maximum Gasteiger partial charge on any atom is 0.238 e. The van der Waals surface area contributed by atoms with Gasteiger partial charge in [0.2, 0.25) is 11.8 Å². The van der Waals surface area contributed by atoms with E-state index in [2.05, 4.69) is 15.5 Å². The molecule has 1 heterocycles. The molecule has 1 N–H and O–H groups in total. The van der Waals surface area contributed by atoms with Gasteiger partial charge in [-0.25, -0.2) is 0 Å². The van der Waals surface area contributed by atoms with Crippen LogP contribution in [0.1, 0.15) is 24.7 Å². The highest BCUT2D eigenvalue weighted by Crippen LogP contribution is 2.29. The molecule has 21 heavy (non-hydrogen) atoms. The number of methoxy groups -OCH3 is 1. The van der Waals surface area contributed by atoms with Gasteiger partial charge in [0.25, 0.3) is 0 Å². The minimum absolute atomic E-state index is 0.109. The Labute approximate surface area is 128 Å². The molecule has 0 bridgehead atoms. The molecule has 0 saturated heterocycles. The molecule has 114 valence electrons. The van der Waals surface area contributed by atoms with Gasteiger partial charge in [0, 0.05) is 19.7 Å². The minimum Gasteiger partial charge on any atom is -0.490 e. The van der Waals surface area contributed by atoms with Crippen LogP contribution in [0.5, 0.6) is 5.75 Å². The molecule has 0 aliphatic carbocycles. The Bertz CT molecular complexity index is 589. The first-order valence-electron chi connectivity index (χ1n) is 6.58. The Morgan fingerprint density at radius 2 is 2.14 bits per heavy atom. The number of aryl methyl sites for hydroxylation is 1. The number of ether oxygens (including phenoxy) is 2. The van der Waals surface area contributed by atoms with Gasteiger partial charge in [0.15, 0.2) is 0 Å². The first-order valence-corrected chi connectivity index (χ1v) is 6.95. The third-order valence-electron chi connectivity index (χ3n) is 2.77. The summed E-state index contributed by atoms with van der Waals surface area (Å²) in [6.45, 7) is 4.67. The lowest BCUT2D eigenvalue weighted by Gasteiger charge is -2.13. The summed E-state index contributed by atoms with van der Waals surface area (Å²) in [5.74, 6) is 1.70. The molecule has 0 amide bonds. The van der Waals surface area contributed by atoms with Crippen molar-refractivity contribution in [2.45, 2.75) is 19.9 Å². The Morgan fingerprint density at radius 1 is 1.33 bits per heavy atom. The largest absolute Gasteiger partial charge is 0.490 e. The normalized spacial score (nSPS) is 12.2. The number of nitrogens with zero attached hydrogens (tertiary/aromatic N) is 2. The predicted molar refractivity (Wildman–Crippen MR) is 79.9 cm³/mol. The lowest BCUT2D eigenvalue weighted by molar-refractivity contribution is 0.146. The fraction of sp³-hybridized carbons (Fsp3) is 0.429. The third-order valence-corrected chi connectivity index (χ3v) is 3.07. The van der Waals surface area contributed by atoms with E-state index in [-0.39, 0.29) is 6.04 Å². The quantitative estimate of drug-likeness (QED) is 0.792. The third kappa shape index (κ3) is 4.34. The van der Waals surface area contributed by atoms with Crippen LogP contribution in [0.3, 0.4) is 0 Å². The van der Waals surface area contributed by atoms with Crippen molar-refractivity contribution in [2.24, 2.45) is 0 Å². The second-order valence-electron chi connectivity index (χ2n) is 4.51. The number of hydrogen-bond acceptors (Lipinski definition) is 6. The summed E-state index contributed by atoms with van der Waals surface area (Å²) in [6, 6.07) is 5.38. The Balaban J connectivity index is 1.99. The summed E-state index contributed by atoms with van der Waals surface area (Å²) in [6.07, 6.45) is 0.